The van der Waals surface area contributed by atoms with Gasteiger partial charge in [-0.1, -0.05) is 23.4 Å². The van der Waals surface area contributed by atoms with Crippen molar-refractivity contribution in [1.82, 2.24) is 4.90 Å². The van der Waals surface area contributed by atoms with Crippen LogP contribution in [0.5, 0.6) is 5.75 Å². The number of oxime groups is 1. The Labute approximate surface area is 124 Å². The van der Waals surface area contributed by atoms with E-state index in [4.69, 9.17) is 15.7 Å². The van der Waals surface area contributed by atoms with Crippen LogP contribution in [0.4, 0.5) is 0 Å². The molecule has 0 atom stereocenters. The van der Waals surface area contributed by atoms with Crippen molar-refractivity contribution in [2.75, 3.05) is 13.7 Å². The fraction of sp³-hybridized carbons (Fsp3) is 0.467. The number of ether oxygens (including phenoxy) is 1. The molecule has 2 rings (SSSR count). The number of methoxy groups -OCH3 is 1. The van der Waals surface area contributed by atoms with Crippen LogP contribution in [0.15, 0.2) is 29.4 Å². The summed E-state index contributed by atoms with van der Waals surface area (Å²) in [6.07, 6.45) is 2.73. The van der Waals surface area contributed by atoms with E-state index in [2.05, 4.69) is 5.16 Å². The molecule has 0 spiro atoms. The van der Waals surface area contributed by atoms with Gasteiger partial charge in [-0.25, -0.2) is 0 Å². The van der Waals surface area contributed by atoms with E-state index in [1.807, 2.05) is 29.2 Å². The van der Waals surface area contributed by atoms with Gasteiger partial charge in [-0.05, 0) is 18.9 Å². The monoisotopic (exact) mass is 291 g/mol. The first kappa shape index (κ1) is 15.2. The van der Waals surface area contributed by atoms with Crippen LogP contribution in [0.3, 0.4) is 0 Å². The Kier molecular flexibility index (Phi) is 5.03. The number of amidine groups is 1. The van der Waals surface area contributed by atoms with E-state index < -0.39 is 0 Å². The highest BCUT2D eigenvalue weighted by molar-refractivity contribution is 5.82. The number of amides is 1. The van der Waals surface area contributed by atoms with E-state index in [1.165, 1.54) is 0 Å². The molecule has 1 saturated carbocycles. The van der Waals surface area contributed by atoms with E-state index in [9.17, 15) is 4.79 Å². The van der Waals surface area contributed by atoms with Crippen LogP contribution < -0.4 is 10.5 Å². The molecule has 1 aliphatic carbocycles. The molecule has 1 fully saturated rings. The van der Waals surface area contributed by atoms with Crippen molar-refractivity contribution in [2.45, 2.75) is 31.7 Å². The lowest BCUT2D eigenvalue weighted by atomic mass is 10.1. The van der Waals surface area contributed by atoms with Crippen molar-refractivity contribution < 1.29 is 14.7 Å². The predicted molar refractivity (Wildman–Crippen MR) is 79.5 cm³/mol. The van der Waals surface area contributed by atoms with Crippen LogP contribution in [0.1, 0.15) is 24.8 Å². The molecule has 0 heterocycles. The molecule has 0 bridgehead atoms. The summed E-state index contributed by atoms with van der Waals surface area (Å²) in [4.78, 5) is 14.3. The van der Waals surface area contributed by atoms with E-state index in [0.29, 0.717) is 25.4 Å². The second-order valence-electron chi connectivity index (χ2n) is 5.15. The Morgan fingerprint density at radius 2 is 2.19 bits per heavy atom. The molecule has 1 amide bonds. The van der Waals surface area contributed by atoms with Crippen molar-refractivity contribution in [3.05, 3.63) is 29.8 Å². The number of nitrogens with zero attached hydrogens (tertiary/aromatic N) is 2. The number of rotatable bonds is 7. The zero-order chi connectivity index (χ0) is 15.2. The Hall–Kier alpha value is -2.24. The van der Waals surface area contributed by atoms with Gasteiger partial charge in [0.1, 0.15) is 11.6 Å². The van der Waals surface area contributed by atoms with Gasteiger partial charge in [0.25, 0.3) is 0 Å². The highest BCUT2D eigenvalue weighted by atomic mass is 16.5. The van der Waals surface area contributed by atoms with Crippen molar-refractivity contribution in [3.8, 4) is 5.75 Å². The molecule has 6 nitrogen and oxygen atoms in total. The Bertz CT molecular complexity index is 527. The summed E-state index contributed by atoms with van der Waals surface area (Å²) in [6, 6.07) is 7.80. The molecule has 0 radical (unpaired) electrons. The summed E-state index contributed by atoms with van der Waals surface area (Å²) < 4.78 is 5.27. The molecule has 1 aliphatic rings. The first-order chi connectivity index (χ1) is 10.2. The fourth-order valence-electron chi connectivity index (χ4n) is 2.30. The molecule has 1 aromatic rings. The second-order valence-corrected chi connectivity index (χ2v) is 5.15. The van der Waals surface area contributed by atoms with Crippen molar-refractivity contribution in [3.63, 3.8) is 0 Å². The molecule has 0 aliphatic heterocycles. The molecule has 0 aromatic heterocycles. The van der Waals surface area contributed by atoms with Crippen LogP contribution >= 0.6 is 0 Å². The second kappa shape index (κ2) is 6.97. The third kappa shape index (κ3) is 4.11. The van der Waals surface area contributed by atoms with Crippen LogP contribution in [0.25, 0.3) is 0 Å². The lowest BCUT2D eigenvalue weighted by Crippen LogP contribution is -2.37. The molecule has 21 heavy (non-hydrogen) atoms. The van der Waals surface area contributed by atoms with Crippen LogP contribution in [0, 0.1) is 0 Å². The normalized spacial score (nSPS) is 14.8. The maximum atomic E-state index is 12.5. The minimum absolute atomic E-state index is 0.0488. The molecule has 1 aromatic carbocycles. The number of benzene rings is 1. The average molecular weight is 291 g/mol. The maximum absolute atomic E-state index is 12.5. The van der Waals surface area contributed by atoms with Crippen LogP contribution in [-0.2, 0) is 11.2 Å². The molecule has 0 unspecified atom stereocenters. The molecule has 0 saturated heterocycles. The van der Waals surface area contributed by atoms with Crippen molar-refractivity contribution >= 4 is 11.7 Å². The summed E-state index contributed by atoms with van der Waals surface area (Å²) in [6.45, 7) is 0.481. The van der Waals surface area contributed by atoms with Crippen LogP contribution in [-0.4, -0.2) is 41.5 Å². The van der Waals surface area contributed by atoms with Crippen molar-refractivity contribution in [2.24, 2.45) is 10.9 Å². The van der Waals surface area contributed by atoms with Gasteiger partial charge in [-0.3, -0.25) is 4.79 Å². The Morgan fingerprint density at radius 3 is 2.81 bits per heavy atom. The summed E-state index contributed by atoms with van der Waals surface area (Å²) in [7, 11) is 1.60. The van der Waals surface area contributed by atoms with Gasteiger partial charge in [0.05, 0.1) is 13.5 Å². The SMILES string of the molecule is COc1ccccc1CC(=O)N(CCC(N)=NO)C1CC1. The van der Waals surface area contributed by atoms with Gasteiger partial charge in [0.15, 0.2) is 0 Å². The number of nitrogens with two attached hydrogens (primary N) is 1. The fourth-order valence-corrected chi connectivity index (χ4v) is 2.30. The highest BCUT2D eigenvalue weighted by Gasteiger charge is 2.32. The molecule has 3 N–H and O–H groups in total. The molecule has 6 heteroatoms. The summed E-state index contributed by atoms with van der Waals surface area (Å²) >= 11 is 0. The van der Waals surface area contributed by atoms with E-state index in [-0.39, 0.29) is 11.7 Å². The number of para-hydroxylation sites is 1. The number of hydrogen-bond donors (Lipinski definition) is 2. The molecular formula is C15H21N3O3. The molecular weight excluding hydrogens is 270 g/mol. The van der Waals surface area contributed by atoms with Gasteiger partial charge in [0, 0.05) is 24.6 Å². The predicted octanol–water partition coefficient (Wildman–Crippen LogP) is 1.37. The van der Waals surface area contributed by atoms with Gasteiger partial charge in [-0.2, -0.15) is 0 Å². The quantitative estimate of drug-likeness (QED) is 0.344. The lowest BCUT2D eigenvalue weighted by molar-refractivity contribution is -0.131. The number of hydrogen-bond acceptors (Lipinski definition) is 4. The first-order valence-corrected chi connectivity index (χ1v) is 7.03. The standard InChI is InChI=1S/C15H21N3O3/c1-21-13-5-3-2-4-11(13)10-15(19)18(12-6-7-12)9-8-14(16)17-20/h2-5,12,20H,6-10H2,1H3,(H2,16,17). The topological polar surface area (TPSA) is 88.2 Å². The largest absolute Gasteiger partial charge is 0.496 e. The summed E-state index contributed by atoms with van der Waals surface area (Å²) in [5.41, 5.74) is 6.36. The van der Waals surface area contributed by atoms with Gasteiger partial charge in [-0.15, -0.1) is 0 Å². The van der Waals surface area contributed by atoms with E-state index in [0.717, 1.165) is 24.2 Å². The van der Waals surface area contributed by atoms with Crippen LogP contribution in [0.2, 0.25) is 0 Å². The van der Waals surface area contributed by atoms with Gasteiger partial charge in [0.2, 0.25) is 5.91 Å². The zero-order valence-corrected chi connectivity index (χ0v) is 12.2. The van der Waals surface area contributed by atoms with Gasteiger partial charge < -0.3 is 20.6 Å². The highest BCUT2D eigenvalue weighted by Crippen LogP contribution is 2.28. The lowest BCUT2D eigenvalue weighted by Gasteiger charge is -2.22. The number of carbonyl (C=O) groups excluding carboxylic acids is 1. The van der Waals surface area contributed by atoms with Gasteiger partial charge >= 0.3 is 0 Å². The average Bonchev–Trinajstić information content (AvgIpc) is 3.32. The first-order valence-electron chi connectivity index (χ1n) is 7.03. The maximum Gasteiger partial charge on any atom is 0.227 e. The van der Waals surface area contributed by atoms with Crippen molar-refractivity contribution in [1.29, 1.82) is 0 Å². The smallest absolute Gasteiger partial charge is 0.227 e. The van der Waals surface area contributed by atoms with E-state index >= 15 is 0 Å². The third-order valence-corrected chi connectivity index (χ3v) is 3.58. The third-order valence-electron chi connectivity index (χ3n) is 3.58. The Balaban J connectivity index is 2.01. The van der Waals surface area contributed by atoms with E-state index in [1.54, 1.807) is 7.11 Å². The minimum Gasteiger partial charge on any atom is -0.496 e. The zero-order valence-electron chi connectivity index (χ0n) is 12.2. The number of carbonyl (C=O) groups is 1. The minimum atomic E-state index is 0.0488. The Morgan fingerprint density at radius 1 is 1.48 bits per heavy atom. The molecule has 114 valence electrons. The summed E-state index contributed by atoms with van der Waals surface area (Å²) in [5, 5.41) is 11.5. The summed E-state index contributed by atoms with van der Waals surface area (Å²) in [5.74, 6) is 0.913.